The smallest absolute Gasteiger partial charge is 0.261 e. The van der Waals surface area contributed by atoms with E-state index in [0.29, 0.717) is 30.7 Å². The number of imide groups is 1. The van der Waals surface area contributed by atoms with E-state index in [4.69, 9.17) is 4.74 Å². The molecule has 0 bridgehead atoms. The van der Waals surface area contributed by atoms with E-state index in [0.717, 1.165) is 10.2 Å². The highest BCUT2D eigenvalue weighted by Gasteiger charge is 2.34. The maximum Gasteiger partial charge on any atom is 0.261 e. The predicted molar refractivity (Wildman–Crippen MR) is 105 cm³/mol. The zero-order valence-electron chi connectivity index (χ0n) is 15.2. The number of carbonyl (C=O) groups is 2. The zero-order chi connectivity index (χ0) is 18.9. The fourth-order valence-electron chi connectivity index (χ4n) is 2.93. The lowest BCUT2D eigenvalue weighted by Gasteiger charge is -2.20. The third kappa shape index (κ3) is 3.68. The summed E-state index contributed by atoms with van der Waals surface area (Å²) in [4.78, 5) is 25.9. The number of halogens is 1. The second kappa shape index (κ2) is 7.23. The number of amides is 2. The number of carbonyl (C=O) groups excluding carboxylic acids is 2. The largest absolute Gasteiger partial charge is 0.492 e. The summed E-state index contributed by atoms with van der Waals surface area (Å²) in [6.07, 6.45) is 0.582. The minimum atomic E-state index is -0.221. The quantitative estimate of drug-likeness (QED) is 0.519. The number of ether oxygens (including phenoxy) is 1. The summed E-state index contributed by atoms with van der Waals surface area (Å²) in [6.45, 7) is 7.27. The monoisotopic (exact) mass is 415 g/mol. The van der Waals surface area contributed by atoms with Gasteiger partial charge in [0.25, 0.3) is 11.8 Å². The molecule has 2 aromatic carbocycles. The first-order chi connectivity index (χ1) is 12.3. The van der Waals surface area contributed by atoms with Crippen molar-refractivity contribution < 1.29 is 14.3 Å². The molecule has 0 saturated heterocycles. The third-order valence-corrected chi connectivity index (χ3v) is 5.08. The number of fused-ring (bicyclic) bond motifs is 1. The van der Waals surface area contributed by atoms with Gasteiger partial charge in [-0.15, -0.1) is 0 Å². The average molecular weight is 416 g/mol. The van der Waals surface area contributed by atoms with Crippen molar-refractivity contribution in [3.63, 3.8) is 0 Å². The molecule has 0 saturated carbocycles. The Morgan fingerprint density at radius 1 is 1.00 bits per heavy atom. The van der Waals surface area contributed by atoms with E-state index in [1.54, 1.807) is 24.3 Å². The Hall–Kier alpha value is -2.14. The molecule has 1 heterocycles. The molecular formula is C21H22BrNO3. The van der Waals surface area contributed by atoms with Crippen LogP contribution >= 0.6 is 15.9 Å². The molecule has 0 aromatic heterocycles. The molecule has 0 aliphatic carbocycles. The Kier molecular flexibility index (Phi) is 5.19. The van der Waals surface area contributed by atoms with Gasteiger partial charge >= 0.3 is 0 Å². The Labute approximate surface area is 162 Å². The fraction of sp³-hybridized carbons (Fsp3) is 0.333. The van der Waals surface area contributed by atoms with Crippen molar-refractivity contribution in [2.75, 3.05) is 13.2 Å². The second-order valence-electron chi connectivity index (χ2n) is 7.40. The maximum atomic E-state index is 12.3. The van der Waals surface area contributed by atoms with Crippen LogP contribution in [0.3, 0.4) is 0 Å². The molecule has 4 nitrogen and oxygen atoms in total. The van der Waals surface area contributed by atoms with E-state index < -0.39 is 0 Å². The van der Waals surface area contributed by atoms with Crippen LogP contribution in [-0.4, -0.2) is 29.9 Å². The predicted octanol–water partition coefficient (Wildman–Crippen LogP) is 4.81. The highest BCUT2D eigenvalue weighted by molar-refractivity contribution is 9.10. The molecule has 0 spiro atoms. The average Bonchev–Trinajstić information content (AvgIpc) is 2.84. The van der Waals surface area contributed by atoms with Gasteiger partial charge in [-0.2, -0.15) is 0 Å². The van der Waals surface area contributed by atoms with E-state index >= 15 is 0 Å². The minimum absolute atomic E-state index is 0.0759. The molecule has 0 unspecified atom stereocenters. The molecule has 1 aliphatic rings. The van der Waals surface area contributed by atoms with Gasteiger partial charge in [0.15, 0.2) is 0 Å². The van der Waals surface area contributed by atoms with Crippen molar-refractivity contribution >= 4 is 27.7 Å². The first-order valence-electron chi connectivity index (χ1n) is 8.67. The number of hydrogen-bond donors (Lipinski definition) is 0. The van der Waals surface area contributed by atoms with Crippen LogP contribution in [0.4, 0.5) is 0 Å². The van der Waals surface area contributed by atoms with Gasteiger partial charge in [-0.3, -0.25) is 14.5 Å². The molecule has 5 heteroatoms. The van der Waals surface area contributed by atoms with E-state index in [2.05, 4.69) is 48.8 Å². The van der Waals surface area contributed by atoms with Gasteiger partial charge in [0.1, 0.15) is 5.75 Å². The van der Waals surface area contributed by atoms with Crippen molar-refractivity contribution in [2.45, 2.75) is 32.6 Å². The summed E-state index contributed by atoms with van der Waals surface area (Å²) in [6, 6.07) is 13.0. The van der Waals surface area contributed by atoms with Crippen LogP contribution in [0.15, 0.2) is 46.9 Å². The SMILES string of the molecule is CC(C)(C)c1ccc(OCCCN2C(=O)c3ccccc3C2=O)c(Br)c1. The highest BCUT2D eigenvalue weighted by atomic mass is 79.9. The van der Waals surface area contributed by atoms with Crippen LogP contribution in [0, 0.1) is 0 Å². The lowest BCUT2D eigenvalue weighted by molar-refractivity contribution is 0.0646. The molecule has 0 fully saturated rings. The summed E-state index contributed by atoms with van der Waals surface area (Å²) in [5.74, 6) is 0.322. The van der Waals surface area contributed by atoms with E-state index in [-0.39, 0.29) is 17.2 Å². The van der Waals surface area contributed by atoms with E-state index in [1.807, 2.05) is 6.07 Å². The molecule has 1 aliphatic heterocycles. The van der Waals surface area contributed by atoms with Crippen LogP contribution in [0.5, 0.6) is 5.75 Å². The Morgan fingerprint density at radius 3 is 2.15 bits per heavy atom. The van der Waals surface area contributed by atoms with Gasteiger partial charge in [0.05, 0.1) is 22.2 Å². The Balaban J connectivity index is 1.56. The number of hydrogen-bond acceptors (Lipinski definition) is 3. The summed E-state index contributed by atoms with van der Waals surface area (Å²) >= 11 is 3.55. The molecule has 136 valence electrons. The van der Waals surface area contributed by atoms with Crippen molar-refractivity contribution in [3.8, 4) is 5.75 Å². The van der Waals surface area contributed by atoms with Gasteiger partial charge in [-0.1, -0.05) is 39.0 Å². The van der Waals surface area contributed by atoms with Gasteiger partial charge in [0.2, 0.25) is 0 Å². The standard InChI is InChI=1S/C21H22BrNO3/c1-21(2,3)14-9-10-18(17(22)13-14)26-12-6-11-23-19(24)15-7-4-5-8-16(15)20(23)25/h4-5,7-10,13H,6,11-12H2,1-3H3. The first kappa shape index (κ1) is 18.6. The molecule has 0 radical (unpaired) electrons. The van der Waals surface area contributed by atoms with Gasteiger partial charge in [-0.05, 0) is 57.6 Å². The summed E-state index contributed by atoms with van der Waals surface area (Å²) in [5.41, 5.74) is 2.27. The van der Waals surface area contributed by atoms with Crippen LogP contribution in [0.25, 0.3) is 0 Å². The second-order valence-corrected chi connectivity index (χ2v) is 8.26. The molecule has 2 amide bonds. The van der Waals surface area contributed by atoms with Gasteiger partial charge < -0.3 is 4.74 Å². The lowest BCUT2D eigenvalue weighted by Crippen LogP contribution is -2.31. The summed E-state index contributed by atoms with van der Waals surface area (Å²) < 4.78 is 6.72. The van der Waals surface area contributed by atoms with Crippen LogP contribution in [0.2, 0.25) is 0 Å². The first-order valence-corrected chi connectivity index (χ1v) is 9.46. The minimum Gasteiger partial charge on any atom is -0.492 e. The van der Waals surface area contributed by atoms with Crippen molar-refractivity contribution in [1.29, 1.82) is 0 Å². The molecular weight excluding hydrogens is 394 g/mol. The van der Waals surface area contributed by atoms with Crippen LogP contribution in [0.1, 0.15) is 53.5 Å². The molecule has 0 atom stereocenters. The Bertz CT molecular complexity index is 820. The van der Waals surface area contributed by atoms with Crippen molar-refractivity contribution in [3.05, 3.63) is 63.6 Å². The van der Waals surface area contributed by atoms with Crippen LogP contribution < -0.4 is 4.74 Å². The topological polar surface area (TPSA) is 46.6 Å². The third-order valence-electron chi connectivity index (χ3n) is 4.46. The van der Waals surface area contributed by atoms with Gasteiger partial charge in [0, 0.05) is 6.54 Å². The lowest BCUT2D eigenvalue weighted by atomic mass is 9.87. The fourth-order valence-corrected chi connectivity index (χ4v) is 3.42. The summed E-state index contributed by atoms with van der Waals surface area (Å²) in [5, 5.41) is 0. The molecule has 2 aromatic rings. The molecule has 0 N–H and O–H groups in total. The number of benzene rings is 2. The van der Waals surface area contributed by atoms with Crippen LogP contribution in [-0.2, 0) is 5.41 Å². The van der Waals surface area contributed by atoms with E-state index in [9.17, 15) is 9.59 Å². The zero-order valence-corrected chi connectivity index (χ0v) is 16.8. The molecule has 3 rings (SSSR count). The molecule has 26 heavy (non-hydrogen) atoms. The normalized spacial score (nSPS) is 13.9. The Morgan fingerprint density at radius 2 is 1.62 bits per heavy atom. The maximum absolute atomic E-state index is 12.3. The highest BCUT2D eigenvalue weighted by Crippen LogP contribution is 2.31. The van der Waals surface area contributed by atoms with Gasteiger partial charge in [-0.25, -0.2) is 0 Å². The van der Waals surface area contributed by atoms with Crippen molar-refractivity contribution in [2.24, 2.45) is 0 Å². The number of nitrogens with zero attached hydrogens (tertiary/aromatic N) is 1. The number of rotatable bonds is 5. The van der Waals surface area contributed by atoms with E-state index in [1.165, 1.54) is 10.5 Å². The summed E-state index contributed by atoms with van der Waals surface area (Å²) in [7, 11) is 0. The van der Waals surface area contributed by atoms with Crippen molar-refractivity contribution in [1.82, 2.24) is 4.90 Å².